The van der Waals surface area contributed by atoms with Crippen LogP contribution >= 0.6 is 0 Å². The molecule has 1 aliphatic rings. The van der Waals surface area contributed by atoms with E-state index in [-0.39, 0.29) is 12.6 Å². The lowest BCUT2D eigenvalue weighted by Crippen LogP contribution is -2.32. The zero-order chi connectivity index (χ0) is 12.1. The van der Waals surface area contributed by atoms with Gasteiger partial charge in [0, 0.05) is 19.3 Å². The van der Waals surface area contributed by atoms with Crippen molar-refractivity contribution in [2.45, 2.75) is 27.2 Å². The van der Waals surface area contributed by atoms with Gasteiger partial charge in [-0.3, -0.25) is 14.2 Å². The standard InChI is InChI=1S/C5H8N2O4S.C3H8/c1-5(8)6-2-3-7(4-6)12(9,10)11;1-3-2/h2-3H,4H2,1H3,(H,9,10,11);3H2,1-2H3. The van der Waals surface area contributed by atoms with Gasteiger partial charge in [0.25, 0.3) is 0 Å². The first-order chi connectivity index (χ1) is 6.82. The van der Waals surface area contributed by atoms with Gasteiger partial charge in [0.2, 0.25) is 5.91 Å². The summed E-state index contributed by atoms with van der Waals surface area (Å²) in [5.41, 5.74) is 0. The Labute approximate surface area is 90.0 Å². The quantitative estimate of drug-likeness (QED) is 0.683. The summed E-state index contributed by atoms with van der Waals surface area (Å²) < 4.78 is 30.2. The third-order valence-corrected chi connectivity index (χ3v) is 2.24. The van der Waals surface area contributed by atoms with Crippen molar-refractivity contribution in [3.63, 3.8) is 0 Å². The summed E-state index contributed by atoms with van der Waals surface area (Å²) in [5.74, 6) is -0.280. The van der Waals surface area contributed by atoms with Crippen LogP contribution in [0.2, 0.25) is 0 Å². The summed E-state index contributed by atoms with van der Waals surface area (Å²) in [5, 5.41) is 0. The second-order valence-corrected chi connectivity index (χ2v) is 4.37. The largest absolute Gasteiger partial charge is 0.361 e. The maximum atomic E-state index is 10.7. The molecule has 0 saturated heterocycles. The Hall–Kier alpha value is -1.08. The van der Waals surface area contributed by atoms with Crippen LogP contribution in [0.25, 0.3) is 0 Å². The zero-order valence-electron chi connectivity index (χ0n) is 9.04. The second-order valence-electron chi connectivity index (χ2n) is 3.00. The first kappa shape index (κ1) is 13.9. The average Bonchev–Trinajstić information content (AvgIpc) is 2.51. The Bertz CT molecular complexity index is 337. The molecule has 7 heteroatoms. The van der Waals surface area contributed by atoms with Crippen molar-refractivity contribution in [3.05, 3.63) is 12.4 Å². The van der Waals surface area contributed by atoms with Gasteiger partial charge in [-0.15, -0.1) is 0 Å². The van der Waals surface area contributed by atoms with Crippen LogP contribution in [0, 0.1) is 0 Å². The van der Waals surface area contributed by atoms with E-state index in [4.69, 9.17) is 4.55 Å². The van der Waals surface area contributed by atoms with E-state index in [2.05, 4.69) is 13.8 Å². The molecule has 1 amide bonds. The SMILES string of the molecule is CC(=O)N1C=CN(S(=O)(=O)O)C1.CCC. The normalized spacial score (nSPS) is 14.9. The molecular weight excluding hydrogens is 220 g/mol. The molecule has 1 heterocycles. The molecule has 0 aliphatic carbocycles. The maximum absolute atomic E-state index is 10.7. The highest BCUT2D eigenvalue weighted by molar-refractivity contribution is 7.83. The molecule has 0 atom stereocenters. The molecule has 0 bridgehead atoms. The number of hydrogen-bond acceptors (Lipinski definition) is 3. The third kappa shape index (κ3) is 4.80. The van der Waals surface area contributed by atoms with Gasteiger partial charge < -0.3 is 0 Å². The van der Waals surface area contributed by atoms with Crippen LogP contribution in [-0.4, -0.2) is 34.8 Å². The Morgan fingerprint density at radius 2 is 1.87 bits per heavy atom. The molecule has 88 valence electrons. The molecule has 0 aromatic rings. The van der Waals surface area contributed by atoms with E-state index in [9.17, 15) is 13.2 Å². The number of rotatable bonds is 1. The minimum absolute atomic E-state index is 0.159. The summed E-state index contributed by atoms with van der Waals surface area (Å²) in [6.07, 6.45) is 3.66. The Balaban J connectivity index is 0.000000583. The number of hydrogen-bond donors (Lipinski definition) is 1. The molecule has 1 aliphatic heterocycles. The summed E-state index contributed by atoms with van der Waals surface area (Å²) in [6.45, 7) is 5.39. The molecule has 0 unspecified atom stereocenters. The minimum atomic E-state index is -4.22. The average molecular weight is 236 g/mol. The third-order valence-electron chi connectivity index (χ3n) is 1.41. The molecule has 0 fully saturated rings. The van der Waals surface area contributed by atoms with Gasteiger partial charge in [-0.1, -0.05) is 20.3 Å². The summed E-state index contributed by atoms with van der Waals surface area (Å²) in [7, 11) is -4.22. The Kier molecular flexibility index (Phi) is 5.31. The van der Waals surface area contributed by atoms with Gasteiger partial charge in [0.05, 0.1) is 0 Å². The first-order valence-electron chi connectivity index (χ1n) is 4.52. The maximum Gasteiger partial charge on any atom is 0.361 e. The van der Waals surface area contributed by atoms with E-state index in [0.29, 0.717) is 4.31 Å². The van der Waals surface area contributed by atoms with E-state index in [1.54, 1.807) is 0 Å². The van der Waals surface area contributed by atoms with Gasteiger partial charge in [-0.2, -0.15) is 8.42 Å². The van der Waals surface area contributed by atoms with Crippen molar-refractivity contribution in [1.29, 1.82) is 0 Å². The lowest BCUT2D eigenvalue weighted by atomic mass is 10.6. The van der Waals surface area contributed by atoms with Gasteiger partial charge in [0.1, 0.15) is 6.67 Å². The summed E-state index contributed by atoms with van der Waals surface area (Å²) in [4.78, 5) is 11.9. The molecule has 0 aromatic heterocycles. The van der Waals surface area contributed by atoms with Crippen LogP contribution in [0.15, 0.2) is 12.4 Å². The van der Waals surface area contributed by atoms with E-state index < -0.39 is 10.3 Å². The summed E-state index contributed by atoms with van der Waals surface area (Å²) >= 11 is 0. The van der Waals surface area contributed by atoms with Gasteiger partial charge in [-0.05, 0) is 0 Å². The minimum Gasteiger partial charge on any atom is -0.298 e. The van der Waals surface area contributed by atoms with E-state index in [1.807, 2.05) is 0 Å². The highest BCUT2D eigenvalue weighted by Crippen LogP contribution is 2.09. The second kappa shape index (κ2) is 5.72. The fourth-order valence-corrected chi connectivity index (χ4v) is 1.23. The highest BCUT2D eigenvalue weighted by Gasteiger charge is 2.23. The molecule has 0 spiro atoms. The highest BCUT2D eigenvalue weighted by atomic mass is 32.2. The molecular formula is C8H16N2O4S. The van der Waals surface area contributed by atoms with Crippen molar-refractivity contribution in [1.82, 2.24) is 9.21 Å². The lowest BCUT2D eigenvalue weighted by Gasteiger charge is -2.14. The smallest absolute Gasteiger partial charge is 0.298 e. The predicted octanol–water partition coefficient (Wildman–Crippen LogP) is 0.798. The van der Waals surface area contributed by atoms with Crippen LogP contribution in [-0.2, 0) is 15.1 Å². The van der Waals surface area contributed by atoms with Crippen molar-refractivity contribution in [2.75, 3.05) is 6.67 Å². The molecule has 0 saturated carbocycles. The molecule has 1 rings (SSSR count). The first-order valence-corrected chi connectivity index (χ1v) is 5.92. The van der Waals surface area contributed by atoms with Crippen LogP contribution in [0.1, 0.15) is 27.2 Å². The van der Waals surface area contributed by atoms with Crippen LogP contribution in [0.5, 0.6) is 0 Å². The summed E-state index contributed by atoms with van der Waals surface area (Å²) in [6, 6.07) is 0. The number of nitrogens with zero attached hydrogens (tertiary/aromatic N) is 2. The number of carbonyl (C=O) groups excluding carboxylic acids is 1. The van der Waals surface area contributed by atoms with Gasteiger partial charge in [0.15, 0.2) is 0 Å². The lowest BCUT2D eigenvalue weighted by molar-refractivity contribution is -0.126. The fraction of sp³-hybridized carbons (Fsp3) is 0.625. The fourth-order valence-electron chi connectivity index (χ4n) is 0.754. The molecule has 0 aromatic carbocycles. The van der Waals surface area contributed by atoms with Gasteiger partial charge >= 0.3 is 10.3 Å². The topological polar surface area (TPSA) is 77.9 Å². The van der Waals surface area contributed by atoms with E-state index in [0.717, 1.165) is 11.1 Å². The zero-order valence-corrected chi connectivity index (χ0v) is 9.86. The van der Waals surface area contributed by atoms with E-state index in [1.165, 1.54) is 19.5 Å². The molecule has 15 heavy (non-hydrogen) atoms. The van der Waals surface area contributed by atoms with Gasteiger partial charge in [-0.25, -0.2) is 4.31 Å². The van der Waals surface area contributed by atoms with Crippen LogP contribution in [0.3, 0.4) is 0 Å². The van der Waals surface area contributed by atoms with Crippen molar-refractivity contribution in [3.8, 4) is 0 Å². The van der Waals surface area contributed by atoms with Crippen LogP contribution in [0.4, 0.5) is 0 Å². The van der Waals surface area contributed by atoms with Crippen molar-refractivity contribution >= 4 is 16.2 Å². The van der Waals surface area contributed by atoms with E-state index >= 15 is 0 Å². The molecule has 6 nitrogen and oxygen atoms in total. The Morgan fingerprint density at radius 3 is 2.07 bits per heavy atom. The van der Waals surface area contributed by atoms with Crippen molar-refractivity contribution < 1.29 is 17.8 Å². The van der Waals surface area contributed by atoms with Crippen molar-refractivity contribution in [2.24, 2.45) is 0 Å². The monoisotopic (exact) mass is 236 g/mol. The Morgan fingerprint density at radius 1 is 1.40 bits per heavy atom. The number of amides is 1. The number of carbonyl (C=O) groups is 1. The molecule has 0 radical (unpaired) electrons. The van der Waals surface area contributed by atoms with Crippen LogP contribution < -0.4 is 0 Å². The molecule has 1 N–H and O–H groups in total. The predicted molar refractivity (Wildman–Crippen MR) is 55.9 cm³/mol.